The number of rotatable bonds is 6. The van der Waals surface area contributed by atoms with Gasteiger partial charge in [-0.15, -0.1) is 0 Å². The van der Waals surface area contributed by atoms with E-state index in [0.29, 0.717) is 25.9 Å². The predicted octanol–water partition coefficient (Wildman–Crippen LogP) is 5.02. The summed E-state index contributed by atoms with van der Waals surface area (Å²) in [6.07, 6.45) is 13.8. The van der Waals surface area contributed by atoms with Gasteiger partial charge in [-0.3, -0.25) is 9.59 Å². The van der Waals surface area contributed by atoms with E-state index in [1.54, 1.807) is 9.80 Å². The van der Waals surface area contributed by atoms with Gasteiger partial charge in [0.25, 0.3) is 0 Å². The molecule has 0 aromatic rings. The monoisotopic (exact) mass is 571 g/mol. The fourth-order valence-corrected chi connectivity index (χ4v) is 5.51. The van der Waals surface area contributed by atoms with Gasteiger partial charge in [-0.2, -0.15) is 0 Å². The summed E-state index contributed by atoms with van der Waals surface area (Å²) >= 11 is 0. The number of nitrogens with zero attached hydrogens (tertiary/aromatic N) is 3. The van der Waals surface area contributed by atoms with E-state index in [9.17, 15) is 19.2 Å². The molecule has 2 aliphatic heterocycles. The smallest absolute Gasteiger partial charge is 0.410 e. The Morgan fingerprint density at radius 2 is 1.63 bits per heavy atom. The standard InChI is InChI=1S/C32H49N3O6/c1-24(23-40-31(38)34-17-8-9-18-34)11-10-12-25(2)29-26(3)15-16-27(13-6-5-7-14-28(36)30(29)37)41-32(39)35-21-19-33(4)20-22-35/h10-12,15-16,24,26-27,29H,5-9,13-14,17-23H2,1-4H3/b11-10+,16-15+,25-12+/t24-,26+,27-,29-/m1/s1. The number of carbonyl (C=O) groups is 4. The highest BCUT2D eigenvalue weighted by atomic mass is 16.6. The number of allylic oxidation sites excluding steroid dienone is 4. The maximum atomic E-state index is 13.3. The number of ketones is 2. The summed E-state index contributed by atoms with van der Waals surface area (Å²) < 4.78 is 11.3. The first kappa shape index (κ1) is 32.6. The van der Waals surface area contributed by atoms with E-state index >= 15 is 0 Å². The zero-order valence-electron chi connectivity index (χ0n) is 25.4. The molecule has 228 valence electrons. The summed E-state index contributed by atoms with van der Waals surface area (Å²) in [7, 11) is 2.04. The van der Waals surface area contributed by atoms with E-state index in [1.807, 2.05) is 58.2 Å². The minimum atomic E-state index is -0.597. The number of likely N-dealkylation sites (N-methyl/N-ethyl adjacent to an activating group) is 1. The van der Waals surface area contributed by atoms with E-state index in [1.165, 1.54) is 0 Å². The highest BCUT2D eigenvalue weighted by Gasteiger charge is 2.31. The maximum absolute atomic E-state index is 13.3. The van der Waals surface area contributed by atoms with E-state index in [2.05, 4.69) is 4.90 Å². The van der Waals surface area contributed by atoms with Crippen LogP contribution in [-0.4, -0.2) is 97.5 Å². The maximum Gasteiger partial charge on any atom is 0.410 e. The van der Waals surface area contributed by atoms with Crippen molar-refractivity contribution in [3.05, 3.63) is 36.0 Å². The summed E-state index contributed by atoms with van der Waals surface area (Å²) in [5, 5.41) is 0. The number of ether oxygens (including phenoxy) is 2. The van der Waals surface area contributed by atoms with Crippen LogP contribution in [0, 0.1) is 17.8 Å². The molecule has 2 fully saturated rings. The molecule has 0 unspecified atom stereocenters. The molecular formula is C32H49N3O6. The van der Waals surface area contributed by atoms with Crippen molar-refractivity contribution in [3.8, 4) is 0 Å². The Morgan fingerprint density at radius 3 is 2.34 bits per heavy atom. The van der Waals surface area contributed by atoms with Crippen LogP contribution in [-0.2, 0) is 19.1 Å². The first-order valence-electron chi connectivity index (χ1n) is 15.3. The van der Waals surface area contributed by atoms with Crippen LogP contribution in [0.4, 0.5) is 9.59 Å². The second-order valence-corrected chi connectivity index (χ2v) is 11.9. The van der Waals surface area contributed by atoms with Crippen LogP contribution >= 0.6 is 0 Å². The Morgan fingerprint density at radius 1 is 0.951 bits per heavy atom. The molecule has 2 heterocycles. The van der Waals surface area contributed by atoms with Crippen molar-refractivity contribution < 1.29 is 28.7 Å². The summed E-state index contributed by atoms with van der Waals surface area (Å²) in [6.45, 7) is 10.5. The number of hydrogen-bond acceptors (Lipinski definition) is 7. The minimum Gasteiger partial charge on any atom is -0.449 e. The van der Waals surface area contributed by atoms with Crippen LogP contribution in [0.2, 0.25) is 0 Å². The average Bonchev–Trinajstić information content (AvgIpc) is 3.49. The Hall–Kier alpha value is -2.94. The number of carbonyl (C=O) groups excluding carboxylic acids is 4. The Labute approximate surface area is 245 Å². The molecule has 3 rings (SSSR count). The molecule has 4 atom stereocenters. The molecule has 41 heavy (non-hydrogen) atoms. The van der Waals surface area contributed by atoms with Crippen molar-refractivity contribution >= 4 is 23.8 Å². The Balaban J connectivity index is 1.65. The van der Waals surface area contributed by atoms with Crippen molar-refractivity contribution in [1.82, 2.24) is 14.7 Å². The fourth-order valence-electron chi connectivity index (χ4n) is 5.51. The molecule has 9 heteroatoms. The highest BCUT2D eigenvalue weighted by molar-refractivity contribution is 6.38. The SMILES string of the molecule is C/C(=C\C=C\[C@@H](C)COC(=O)N1CCCC1)[C@H]1C(=O)C(=O)CCCCC[C@@H](OC(=O)N2CCN(C)CC2)/C=C/[C@@H]1C. The lowest BCUT2D eigenvalue weighted by Gasteiger charge is -2.32. The van der Waals surface area contributed by atoms with Crippen molar-refractivity contribution in [2.45, 2.75) is 71.8 Å². The first-order chi connectivity index (χ1) is 19.7. The van der Waals surface area contributed by atoms with Gasteiger partial charge in [0.15, 0.2) is 5.78 Å². The Bertz CT molecular complexity index is 991. The third-order valence-electron chi connectivity index (χ3n) is 8.24. The van der Waals surface area contributed by atoms with Crippen LogP contribution in [0.1, 0.15) is 65.7 Å². The minimum absolute atomic E-state index is 0.00677. The van der Waals surface area contributed by atoms with Gasteiger partial charge in [-0.1, -0.05) is 50.1 Å². The lowest BCUT2D eigenvalue weighted by atomic mass is 9.81. The molecule has 0 aromatic heterocycles. The number of Topliss-reactive ketones (excluding diaryl/α,β-unsaturated/α-hetero) is 2. The quantitative estimate of drug-likeness (QED) is 0.251. The molecule has 0 aromatic carbocycles. The molecule has 0 radical (unpaired) electrons. The van der Waals surface area contributed by atoms with Gasteiger partial charge in [0.05, 0.1) is 12.5 Å². The van der Waals surface area contributed by atoms with Crippen molar-refractivity contribution in [1.29, 1.82) is 0 Å². The van der Waals surface area contributed by atoms with Gasteiger partial charge in [-0.05, 0) is 58.1 Å². The summed E-state index contributed by atoms with van der Waals surface area (Å²) in [5.74, 6) is -1.54. The van der Waals surface area contributed by atoms with Crippen LogP contribution < -0.4 is 0 Å². The molecule has 0 bridgehead atoms. The average molecular weight is 572 g/mol. The second kappa shape index (κ2) is 16.5. The zero-order valence-corrected chi connectivity index (χ0v) is 25.4. The number of amides is 2. The third kappa shape index (κ3) is 10.4. The first-order valence-corrected chi connectivity index (χ1v) is 15.3. The van der Waals surface area contributed by atoms with E-state index in [-0.39, 0.29) is 54.7 Å². The summed E-state index contributed by atoms with van der Waals surface area (Å²) in [4.78, 5) is 56.7. The lowest BCUT2D eigenvalue weighted by molar-refractivity contribution is -0.139. The van der Waals surface area contributed by atoms with Gasteiger partial charge in [-0.25, -0.2) is 9.59 Å². The fraction of sp³-hybridized carbons (Fsp3) is 0.688. The molecule has 1 aliphatic carbocycles. The topological polar surface area (TPSA) is 96.5 Å². The summed E-state index contributed by atoms with van der Waals surface area (Å²) in [5.41, 5.74) is 0.793. The van der Waals surface area contributed by atoms with Gasteiger partial charge >= 0.3 is 12.2 Å². The van der Waals surface area contributed by atoms with Gasteiger partial charge in [0, 0.05) is 51.6 Å². The highest BCUT2D eigenvalue weighted by Crippen LogP contribution is 2.26. The number of likely N-dealkylation sites (tertiary alicyclic amines) is 1. The molecular weight excluding hydrogens is 522 g/mol. The molecule has 2 amide bonds. The number of piperazine rings is 1. The number of hydrogen-bond donors (Lipinski definition) is 0. The van der Waals surface area contributed by atoms with Crippen LogP contribution in [0.5, 0.6) is 0 Å². The molecule has 0 spiro atoms. The Kier molecular flexibility index (Phi) is 13.1. The molecule has 0 saturated carbocycles. The van der Waals surface area contributed by atoms with Crippen molar-refractivity contribution in [2.24, 2.45) is 17.8 Å². The second-order valence-electron chi connectivity index (χ2n) is 11.9. The van der Waals surface area contributed by atoms with Gasteiger partial charge in [0.2, 0.25) is 5.78 Å². The third-order valence-corrected chi connectivity index (χ3v) is 8.24. The van der Waals surface area contributed by atoms with Crippen molar-refractivity contribution in [2.75, 3.05) is 52.9 Å². The lowest BCUT2D eigenvalue weighted by Crippen LogP contribution is -2.47. The van der Waals surface area contributed by atoms with E-state index in [4.69, 9.17) is 9.47 Å². The molecule has 9 nitrogen and oxygen atoms in total. The van der Waals surface area contributed by atoms with Crippen LogP contribution in [0.25, 0.3) is 0 Å². The molecule has 2 saturated heterocycles. The van der Waals surface area contributed by atoms with Crippen LogP contribution in [0.3, 0.4) is 0 Å². The predicted molar refractivity (Wildman–Crippen MR) is 158 cm³/mol. The van der Waals surface area contributed by atoms with Gasteiger partial charge in [0.1, 0.15) is 6.10 Å². The molecule has 0 N–H and O–H groups in total. The largest absolute Gasteiger partial charge is 0.449 e. The van der Waals surface area contributed by atoms with Crippen molar-refractivity contribution in [3.63, 3.8) is 0 Å². The summed E-state index contributed by atoms with van der Waals surface area (Å²) in [6, 6.07) is 0. The van der Waals surface area contributed by atoms with Gasteiger partial charge < -0.3 is 24.2 Å². The normalized spacial score (nSPS) is 27.3. The molecule has 3 aliphatic rings. The van der Waals surface area contributed by atoms with Crippen LogP contribution in [0.15, 0.2) is 36.0 Å². The zero-order chi connectivity index (χ0) is 29.8. The van der Waals surface area contributed by atoms with E-state index in [0.717, 1.165) is 57.4 Å². The van der Waals surface area contributed by atoms with E-state index < -0.39 is 5.92 Å².